The third kappa shape index (κ3) is 4.30. The van der Waals surface area contributed by atoms with Crippen molar-refractivity contribution in [3.05, 3.63) is 35.9 Å². The zero-order chi connectivity index (χ0) is 14.2. The number of rotatable bonds is 7. The molecule has 0 saturated carbocycles. The molecule has 0 aromatic heterocycles. The summed E-state index contributed by atoms with van der Waals surface area (Å²) in [5.41, 5.74) is 1.39. The van der Waals surface area contributed by atoms with Crippen LogP contribution in [0.3, 0.4) is 0 Å². The summed E-state index contributed by atoms with van der Waals surface area (Å²) in [6.07, 6.45) is 4.69. The van der Waals surface area contributed by atoms with Crippen LogP contribution in [0.4, 0.5) is 0 Å². The van der Waals surface area contributed by atoms with Crippen LogP contribution >= 0.6 is 0 Å². The van der Waals surface area contributed by atoms with Gasteiger partial charge in [-0.2, -0.15) is 0 Å². The minimum absolute atomic E-state index is 0.271. The first-order valence-corrected chi connectivity index (χ1v) is 7.97. The minimum atomic E-state index is 0.271. The van der Waals surface area contributed by atoms with Gasteiger partial charge in [0.1, 0.15) is 0 Å². The Morgan fingerprint density at radius 1 is 1.30 bits per heavy atom. The molecule has 0 spiro atoms. The maximum absolute atomic E-state index is 9.31. The Hall–Kier alpha value is -0.900. The van der Waals surface area contributed by atoms with E-state index in [1.165, 1.54) is 31.4 Å². The predicted octanol–water partition coefficient (Wildman–Crippen LogP) is 2.40. The third-order valence-electron chi connectivity index (χ3n) is 4.26. The fourth-order valence-corrected chi connectivity index (χ4v) is 3.32. The summed E-state index contributed by atoms with van der Waals surface area (Å²) in [5, 5.41) is 12.9. The summed E-state index contributed by atoms with van der Waals surface area (Å²) in [4.78, 5) is 2.60. The number of likely N-dealkylation sites (N-methyl/N-ethyl adjacent to an activating group) is 1. The quantitative estimate of drug-likeness (QED) is 0.803. The van der Waals surface area contributed by atoms with Crippen molar-refractivity contribution >= 4 is 0 Å². The number of nitrogens with zero attached hydrogens (tertiary/aromatic N) is 1. The highest BCUT2D eigenvalue weighted by Crippen LogP contribution is 2.23. The van der Waals surface area contributed by atoms with Gasteiger partial charge in [0, 0.05) is 25.2 Å². The lowest BCUT2D eigenvalue weighted by Crippen LogP contribution is -2.52. The van der Waals surface area contributed by atoms with E-state index in [4.69, 9.17) is 0 Å². The molecule has 20 heavy (non-hydrogen) atoms. The van der Waals surface area contributed by atoms with Gasteiger partial charge in [-0.15, -0.1) is 0 Å². The van der Waals surface area contributed by atoms with Crippen LogP contribution in [0.5, 0.6) is 0 Å². The van der Waals surface area contributed by atoms with Gasteiger partial charge < -0.3 is 10.4 Å². The van der Waals surface area contributed by atoms with Gasteiger partial charge in [-0.1, -0.05) is 43.7 Å². The molecule has 1 heterocycles. The molecule has 112 valence electrons. The monoisotopic (exact) mass is 276 g/mol. The SMILES string of the molecule is CCN[C@@H](CCO)[C@H]1CCCCN1Cc1ccccc1. The van der Waals surface area contributed by atoms with E-state index >= 15 is 0 Å². The normalized spacial score (nSPS) is 21.8. The molecule has 0 unspecified atom stereocenters. The van der Waals surface area contributed by atoms with Crippen LogP contribution in [0.15, 0.2) is 30.3 Å². The zero-order valence-electron chi connectivity index (χ0n) is 12.6. The molecule has 2 rings (SSSR count). The van der Waals surface area contributed by atoms with Crippen LogP contribution in [-0.2, 0) is 6.54 Å². The number of nitrogens with one attached hydrogen (secondary N) is 1. The molecule has 1 aromatic carbocycles. The van der Waals surface area contributed by atoms with Crippen molar-refractivity contribution in [1.82, 2.24) is 10.2 Å². The average molecular weight is 276 g/mol. The van der Waals surface area contributed by atoms with Crippen LogP contribution in [0, 0.1) is 0 Å². The molecule has 0 bridgehead atoms. The second-order valence-corrected chi connectivity index (χ2v) is 5.70. The number of hydrogen-bond donors (Lipinski definition) is 2. The number of hydrogen-bond acceptors (Lipinski definition) is 3. The van der Waals surface area contributed by atoms with Crippen molar-refractivity contribution in [2.75, 3.05) is 19.7 Å². The van der Waals surface area contributed by atoms with Gasteiger partial charge in [0.15, 0.2) is 0 Å². The summed E-state index contributed by atoms with van der Waals surface area (Å²) in [5.74, 6) is 0. The number of aliphatic hydroxyl groups is 1. The standard InChI is InChI=1S/C17H28N2O/c1-2-18-16(11-13-20)17-10-6-7-12-19(17)14-15-8-4-3-5-9-15/h3-5,8-9,16-18,20H,2,6-7,10-14H2,1H3/t16-,17+/m0/s1. The van der Waals surface area contributed by atoms with Crippen LogP contribution < -0.4 is 5.32 Å². The van der Waals surface area contributed by atoms with E-state index in [0.717, 1.165) is 19.5 Å². The van der Waals surface area contributed by atoms with Crippen molar-refractivity contribution < 1.29 is 5.11 Å². The van der Waals surface area contributed by atoms with Crippen molar-refractivity contribution in [2.24, 2.45) is 0 Å². The number of piperidine rings is 1. The Morgan fingerprint density at radius 3 is 2.80 bits per heavy atom. The molecule has 2 atom stereocenters. The highest BCUT2D eigenvalue weighted by atomic mass is 16.3. The lowest BCUT2D eigenvalue weighted by Gasteiger charge is -2.40. The van der Waals surface area contributed by atoms with Crippen molar-refractivity contribution in [1.29, 1.82) is 0 Å². The van der Waals surface area contributed by atoms with Crippen LogP contribution in [0.25, 0.3) is 0 Å². The molecule has 1 saturated heterocycles. The lowest BCUT2D eigenvalue weighted by atomic mass is 9.93. The summed E-state index contributed by atoms with van der Waals surface area (Å²) >= 11 is 0. The molecule has 1 fully saturated rings. The average Bonchev–Trinajstić information content (AvgIpc) is 2.49. The fourth-order valence-electron chi connectivity index (χ4n) is 3.32. The summed E-state index contributed by atoms with van der Waals surface area (Å²) < 4.78 is 0. The topological polar surface area (TPSA) is 35.5 Å². The lowest BCUT2D eigenvalue weighted by molar-refractivity contribution is 0.0955. The number of benzene rings is 1. The first-order chi connectivity index (χ1) is 9.85. The zero-order valence-corrected chi connectivity index (χ0v) is 12.6. The number of aliphatic hydroxyl groups excluding tert-OH is 1. The highest BCUT2D eigenvalue weighted by molar-refractivity contribution is 5.14. The molecule has 0 aliphatic carbocycles. The molecule has 3 nitrogen and oxygen atoms in total. The predicted molar refractivity (Wildman–Crippen MR) is 83.7 cm³/mol. The Labute approximate surface area is 123 Å². The van der Waals surface area contributed by atoms with Crippen molar-refractivity contribution in [3.63, 3.8) is 0 Å². The van der Waals surface area contributed by atoms with Gasteiger partial charge in [0.2, 0.25) is 0 Å². The molecule has 2 N–H and O–H groups in total. The van der Waals surface area contributed by atoms with E-state index < -0.39 is 0 Å². The van der Waals surface area contributed by atoms with E-state index in [0.29, 0.717) is 12.1 Å². The Balaban J connectivity index is 2.03. The molecule has 1 aliphatic rings. The van der Waals surface area contributed by atoms with E-state index in [-0.39, 0.29) is 6.61 Å². The van der Waals surface area contributed by atoms with Gasteiger partial charge in [0.05, 0.1) is 0 Å². The van der Waals surface area contributed by atoms with Gasteiger partial charge in [0.25, 0.3) is 0 Å². The van der Waals surface area contributed by atoms with Gasteiger partial charge in [-0.05, 0) is 37.9 Å². The molecule has 0 radical (unpaired) electrons. The van der Waals surface area contributed by atoms with Crippen LogP contribution in [-0.4, -0.2) is 41.8 Å². The van der Waals surface area contributed by atoms with Crippen molar-refractivity contribution in [3.8, 4) is 0 Å². The second-order valence-electron chi connectivity index (χ2n) is 5.70. The highest BCUT2D eigenvalue weighted by Gasteiger charge is 2.28. The smallest absolute Gasteiger partial charge is 0.0446 e. The minimum Gasteiger partial charge on any atom is -0.396 e. The second kappa shape index (κ2) is 8.40. The molecule has 0 amide bonds. The molecular weight excluding hydrogens is 248 g/mol. The van der Waals surface area contributed by atoms with E-state index in [9.17, 15) is 5.11 Å². The number of likely N-dealkylation sites (tertiary alicyclic amines) is 1. The van der Waals surface area contributed by atoms with Gasteiger partial charge in [-0.25, -0.2) is 0 Å². The van der Waals surface area contributed by atoms with E-state index in [2.05, 4.69) is 47.5 Å². The summed E-state index contributed by atoms with van der Waals surface area (Å²) in [6, 6.07) is 11.7. The maximum atomic E-state index is 9.31. The van der Waals surface area contributed by atoms with Gasteiger partial charge in [-0.3, -0.25) is 4.90 Å². The van der Waals surface area contributed by atoms with Crippen LogP contribution in [0.2, 0.25) is 0 Å². The first-order valence-electron chi connectivity index (χ1n) is 7.97. The fraction of sp³-hybridized carbons (Fsp3) is 0.647. The van der Waals surface area contributed by atoms with Crippen LogP contribution in [0.1, 0.15) is 38.2 Å². The molecule has 3 heteroatoms. The van der Waals surface area contributed by atoms with E-state index in [1.54, 1.807) is 0 Å². The maximum Gasteiger partial charge on any atom is 0.0446 e. The first kappa shape index (κ1) is 15.5. The summed E-state index contributed by atoms with van der Waals surface area (Å²) in [6.45, 7) is 5.59. The Morgan fingerprint density at radius 2 is 2.10 bits per heavy atom. The van der Waals surface area contributed by atoms with E-state index in [1.807, 2.05) is 0 Å². The molecule has 1 aliphatic heterocycles. The Bertz CT molecular complexity index is 363. The molecular formula is C17H28N2O. The molecule has 1 aromatic rings. The van der Waals surface area contributed by atoms with Crippen molar-refractivity contribution in [2.45, 2.75) is 51.2 Å². The Kier molecular flexibility index (Phi) is 6.51. The largest absolute Gasteiger partial charge is 0.396 e. The van der Waals surface area contributed by atoms with Gasteiger partial charge >= 0.3 is 0 Å². The third-order valence-corrected chi connectivity index (χ3v) is 4.26. The summed E-state index contributed by atoms with van der Waals surface area (Å²) in [7, 11) is 0.